The monoisotopic (exact) mass is 342 g/mol. The van der Waals surface area contributed by atoms with E-state index in [1.807, 2.05) is 6.08 Å². The second-order valence-corrected chi connectivity index (χ2v) is 9.45. The van der Waals surface area contributed by atoms with Gasteiger partial charge >= 0.3 is 5.97 Å². The third kappa shape index (κ3) is 2.30. The van der Waals surface area contributed by atoms with Gasteiger partial charge in [0.2, 0.25) is 0 Å². The first-order chi connectivity index (χ1) is 11.8. The number of fused-ring (bicyclic) bond motifs is 5. The molecule has 4 aliphatic rings. The number of carbonyl (C=O) groups is 2. The molecule has 3 nitrogen and oxygen atoms in total. The maximum Gasteiger partial charge on any atom is 0.331 e. The number of allylic oxidation sites excluding steroid dienone is 3. The van der Waals surface area contributed by atoms with Gasteiger partial charge in [-0.3, -0.25) is 4.79 Å². The van der Waals surface area contributed by atoms with E-state index in [1.165, 1.54) is 18.4 Å². The summed E-state index contributed by atoms with van der Waals surface area (Å²) in [6, 6.07) is 0. The molecular formula is C22H30O3. The minimum Gasteiger partial charge on any atom is -0.478 e. The molecule has 2 saturated carbocycles. The molecule has 3 heteroatoms. The van der Waals surface area contributed by atoms with Crippen LogP contribution in [0, 0.1) is 34.5 Å². The fourth-order valence-electron chi connectivity index (χ4n) is 7.16. The first-order valence-corrected chi connectivity index (χ1v) is 9.92. The van der Waals surface area contributed by atoms with Gasteiger partial charge in [-0.25, -0.2) is 4.79 Å². The van der Waals surface area contributed by atoms with Crippen molar-refractivity contribution in [1.82, 2.24) is 0 Å². The highest BCUT2D eigenvalue weighted by molar-refractivity contribution is 5.87. The van der Waals surface area contributed by atoms with Gasteiger partial charge in [-0.15, -0.1) is 0 Å². The highest BCUT2D eigenvalue weighted by Crippen LogP contribution is 2.66. The quantitative estimate of drug-likeness (QED) is 0.786. The molecule has 0 aromatic heterocycles. The summed E-state index contributed by atoms with van der Waals surface area (Å²) in [6.45, 7) is 6.52. The van der Waals surface area contributed by atoms with Crippen molar-refractivity contribution in [1.29, 1.82) is 0 Å². The molecule has 4 rings (SSSR count). The maximum absolute atomic E-state index is 12.2. The Morgan fingerprint density at radius 1 is 1.12 bits per heavy atom. The molecule has 136 valence electrons. The lowest BCUT2D eigenvalue weighted by Gasteiger charge is -2.57. The molecule has 0 bridgehead atoms. The second kappa shape index (κ2) is 5.56. The van der Waals surface area contributed by atoms with Crippen LogP contribution in [0.3, 0.4) is 0 Å². The minimum absolute atomic E-state index is 0.123. The zero-order chi connectivity index (χ0) is 18.0. The summed E-state index contributed by atoms with van der Waals surface area (Å²) in [6.07, 6.45) is 11.6. The minimum atomic E-state index is -0.763. The van der Waals surface area contributed by atoms with E-state index in [0.29, 0.717) is 35.5 Å². The van der Waals surface area contributed by atoms with Crippen LogP contribution in [0.1, 0.15) is 65.7 Å². The molecule has 25 heavy (non-hydrogen) atoms. The van der Waals surface area contributed by atoms with Gasteiger partial charge in [0.15, 0.2) is 0 Å². The van der Waals surface area contributed by atoms with E-state index in [0.717, 1.165) is 25.7 Å². The molecule has 4 aliphatic carbocycles. The van der Waals surface area contributed by atoms with Crippen LogP contribution in [-0.4, -0.2) is 16.9 Å². The average Bonchev–Trinajstić information content (AvgIpc) is 2.91. The molecule has 0 amide bonds. The van der Waals surface area contributed by atoms with E-state index in [2.05, 4.69) is 19.9 Å². The van der Waals surface area contributed by atoms with Crippen molar-refractivity contribution in [3.05, 3.63) is 23.3 Å². The van der Waals surface area contributed by atoms with E-state index in [-0.39, 0.29) is 16.7 Å². The zero-order valence-electron chi connectivity index (χ0n) is 15.7. The van der Waals surface area contributed by atoms with Crippen LogP contribution in [-0.2, 0) is 9.59 Å². The van der Waals surface area contributed by atoms with Gasteiger partial charge < -0.3 is 5.11 Å². The van der Waals surface area contributed by atoms with Crippen molar-refractivity contribution in [3.8, 4) is 0 Å². The Morgan fingerprint density at radius 2 is 1.88 bits per heavy atom. The Morgan fingerprint density at radius 3 is 2.56 bits per heavy atom. The predicted octanol–water partition coefficient (Wildman–Crippen LogP) is 4.78. The molecule has 6 atom stereocenters. The SMILES string of the molecule is CC(=O)C1CCC2C3CC=C4C=C(C(=O)O)CC[C@]4(C)C3CC[C@]12C. The summed E-state index contributed by atoms with van der Waals surface area (Å²) in [5, 5.41) is 9.36. The summed E-state index contributed by atoms with van der Waals surface area (Å²) in [5.41, 5.74) is 2.14. The molecule has 4 unspecified atom stereocenters. The first-order valence-electron chi connectivity index (χ1n) is 9.92. The number of aliphatic carboxylic acids is 1. The van der Waals surface area contributed by atoms with E-state index >= 15 is 0 Å². The fourth-order valence-corrected chi connectivity index (χ4v) is 7.16. The predicted molar refractivity (Wildman–Crippen MR) is 97.0 cm³/mol. The summed E-state index contributed by atoms with van der Waals surface area (Å²) < 4.78 is 0. The molecule has 1 N–H and O–H groups in total. The van der Waals surface area contributed by atoms with Crippen molar-refractivity contribution in [3.63, 3.8) is 0 Å². The number of rotatable bonds is 2. The van der Waals surface area contributed by atoms with Crippen molar-refractivity contribution < 1.29 is 14.7 Å². The van der Waals surface area contributed by atoms with Gasteiger partial charge in [0.05, 0.1) is 0 Å². The van der Waals surface area contributed by atoms with Gasteiger partial charge in [0.1, 0.15) is 5.78 Å². The average molecular weight is 342 g/mol. The van der Waals surface area contributed by atoms with Crippen LogP contribution >= 0.6 is 0 Å². The molecule has 0 aromatic rings. The maximum atomic E-state index is 12.2. The van der Waals surface area contributed by atoms with Gasteiger partial charge in [-0.1, -0.05) is 19.9 Å². The number of ketones is 1. The molecule has 0 heterocycles. The lowest BCUT2D eigenvalue weighted by atomic mass is 9.47. The topological polar surface area (TPSA) is 54.4 Å². The van der Waals surface area contributed by atoms with Crippen LogP contribution in [0.15, 0.2) is 23.3 Å². The molecular weight excluding hydrogens is 312 g/mol. The largest absolute Gasteiger partial charge is 0.478 e. The Bertz CT molecular complexity index is 687. The third-order valence-electron chi connectivity index (χ3n) is 8.53. The fraction of sp³-hybridized carbons (Fsp3) is 0.727. The Kier molecular flexibility index (Phi) is 3.79. The van der Waals surface area contributed by atoms with Crippen molar-refractivity contribution in [2.75, 3.05) is 0 Å². The van der Waals surface area contributed by atoms with Crippen molar-refractivity contribution >= 4 is 11.8 Å². The number of hydrogen-bond acceptors (Lipinski definition) is 2. The zero-order valence-corrected chi connectivity index (χ0v) is 15.7. The van der Waals surface area contributed by atoms with Crippen LogP contribution in [0.4, 0.5) is 0 Å². The van der Waals surface area contributed by atoms with Gasteiger partial charge in [0, 0.05) is 11.5 Å². The molecule has 0 aliphatic heterocycles. The molecule has 0 spiro atoms. The van der Waals surface area contributed by atoms with Crippen molar-refractivity contribution in [2.24, 2.45) is 34.5 Å². The number of carboxylic acid groups (broad SMARTS) is 1. The Balaban J connectivity index is 1.68. The molecule has 0 radical (unpaired) electrons. The van der Waals surface area contributed by atoms with Gasteiger partial charge in [0.25, 0.3) is 0 Å². The van der Waals surface area contributed by atoms with Gasteiger partial charge in [-0.2, -0.15) is 0 Å². The third-order valence-corrected chi connectivity index (χ3v) is 8.53. The van der Waals surface area contributed by atoms with Crippen molar-refractivity contribution in [2.45, 2.75) is 65.7 Å². The molecule has 2 fully saturated rings. The number of Topliss-reactive ketones (excluding diaryl/α,β-unsaturated/α-hetero) is 1. The second-order valence-electron chi connectivity index (χ2n) is 9.45. The van der Waals surface area contributed by atoms with Crippen LogP contribution in [0.25, 0.3) is 0 Å². The Labute approximate surface area is 150 Å². The molecule has 0 saturated heterocycles. The Hall–Kier alpha value is -1.38. The van der Waals surface area contributed by atoms with E-state index in [1.54, 1.807) is 6.92 Å². The highest BCUT2D eigenvalue weighted by atomic mass is 16.4. The van der Waals surface area contributed by atoms with E-state index < -0.39 is 5.97 Å². The summed E-state index contributed by atoms with van der Waals surface area (Å²) in [7, 11) is 0. The van der Waals surface area contributed by atoms with Crippen LogP contribution in [0.2, 0.25) is 0 Å². The van der Waals surface area contributed by atoms with Crippen LogP contribution < -0.4 is 0 Å². The smallest absolute Gasteiger partial charge is 0.331 e. The first kappa shape index (κ1) is 17.1. The normalized spacial score (nSPS) is 45.6. The summed E-state index contributed by atoms with van der Waals surface area (Å²) >= 11 is 0. The van der Waals surface area contributed by atoms with Crippen LogP contribution in [0.5, 0.6) is 0 Å². The lowest BCUT2D eigenvalue weighted by molar-refractivity contribution is -0.133. The lowest BCUT2D eigenvalue weighted by Crippen LogP contribution is -2.49. The molecule has 0 aromatic carbocycles. The van der Waals surface area contributed by atoms with E-state index in [4.69, 9.17) is 0 Å². The number of hydrogen-bond donors (Lipinski definition) is 1. The number of carbonyl (C=O) groups excluding carboxylic acids is 1. The van der Waals surface area contributed by atoms with Gasteiger partial charge in [-0.05, 0) is 92.1 Å². The summed E-state index contributed by atoms with van der Waals surface area (Å²) in [5.74, 6) is 1.83. The highest BCUT2D eigenvalue weighted by Gasteiger charge is 2.59. The van der Waals surface area contributed by atoms with E-state index in [9.17, 15) is 14.7 Å². The standard InChI is InChI=1S/C22H30O3/c1-13(23)17-6-7-18-16-5-4-15-12-14(20(24)25)8-10-21(15,2)19(16)9-11-22(17,18)3/h4,12,16-19H,5-11H2,1-3H3,(H,24,25)/t16?,17?,18?,19?,21-,22+/m0/s1. The summed E-state index contributed by atoms with van der Waals surface area (Å²) in [4.78, 5) is 23.6. The number of carboxylic acids is 1.